The van der Waals surface area contributed by atoms with Crippen LogP contribution in [-0.2, 0) is 13.0 Å². The topological polar surface area (TPSA) is 34.4 Å². The molecule has 0 spiro atoms. The number of ketones is 1. The average Bonchev–Trinajstić information content (AvgIpc) is 2.65. The van der Waals surface area contributed by atoms with E-state index in [1.165, 1.54) is 12.1 Å². The quantitative estimate of drug-likeness (QED) is 0.589. The number of Topliss-reactive ketones (excluding diaryl/α,β-unsaturated/α-hetero) is 1. The van der Waals surface area contributed by atoms with Gasteiger partial charge < -0.3 is 4.57 Å². The lowest BCUT2D eigenvalue weighted by Crippen LogP contribution is -2.04. The third kappa shape index (κ3) is 0.842. The van der Waals surface area contributed by atoms with Gasteiger partial charge in [0.25, 0.3) is 0 Å². The zero-order chi connectivity index (χ0) is 8.84. The average molecular weight is 174 g/mol. The van der Waals surface area contributed by atoms with Crippen LogP contribution in [0.2, 0.25) is 0 Å². The Morgan fingerprint density at radius 2 is 2.38 bits per heavy atom. The zero-order valence-corrected chi connectivity index (χ0v) is 7.29. The minimum atomic E-state index is 0.215. The van der Waals surface area contributed by atoms with Crippen LogP contribution in [0.1, 0.15) is 28.9 Å². The van der Waals surface area contributed by atoms with Gasteiger partial charge in [-0.1, -0.05) is 0 Å². The Hall–Kier alpha value is -1.38. The van der Waals surface area contributed by atoms with Gasteiger partial charge in [0.2, 0.25) is 0 Å². The number of carbonyl (C=O) groups is 1. The maximum atomic E-state index is 11.5. The summed E-state index contributed by atoms with van der Waals surface area (Å²) >= 11 is 0. The van der Waals surface area contributed by atoms with Crippen LogP contribution in [0, 0.1) is 0 Å². The van der Waals surface area contributed by atoms with Crippen molar-refractivity contribution in [2.75, 3.05) is 0 Å². The van der Waals surface area contributed by atoms with Crippen LogP contribution in [0.5, 0.6) is 0 Å². The number of hydrogen-bond acceptors (Lipinski definition) is 2. The first-order valence-corrected chi connectivity index (χ1v) is 4.64. The summed E-state index contributed by atoms with van der Waals surface area (Å²) in [5, 5.41) is 0. The van der Waals surface area contributed by atoms with Gasteiger partial charge in [-0.3, -0.25) is 4.79 Å². The van der Waals surface area contributed by atoms with Crippen molar-refractivity contribution in [2.45, 2.75) is 25.8 Å². The Morgan fingerprint density at radius 1 is 1.46 bits per heavy atom. The predicted molar refractivity (Wildman–Crippen MR) is 49.9 cm³/mol. The third-order valence-corrected chi connectivity index (χ3v) is 2.76. The molecule has 2 aliphatic rings. The third-order valence-electron chi connectivity index (χ3n) is 2.76. The maximum absolute atomic E-state index is 11.5. The fourth-order valence-electron chi connectivity index (χ4n) is 2.13. The van der Waals surface area contributed by atoms with E-state index in [1.54, 1.807) is 6.21 Å². The van der Waals surface area contributed by atoms with Gasteiger partial charge in [0.05, 0.1) is 5.56 Å². The van der Waals surface area contributed by atoms with Gasteiger partial charge in [-0.2, -0.15) is 0 Å². The standard InChI is InChI=1S/C10H10N2O/c13-9-3-4-11-10-8(9)6-7-2-1-5-12(7)10/h4,6H,1-3,5H2. The van der Waals surface area contributed by atoms with Crippen molar-refractivity contribution in [3.63, 3.8) is 0 Å². The highest BCUT2D eigenvalue weighted by molar-refractivity contribution is 6.09. The van der Waals surface area contributed by atoms with Gasteiger partial charge in [0, 0.05) is 24.9 Å². The van der Waals surface area contributed by atoms with Crippen LogP contribution >= 0.6 is 0 Å². The summed E-state index contributed by atoms with van der Waals surface area (Å²) in [7, 11) is 0. The van der Waals surface area contributed by atoms with E-state index in [2.05, 4.69) is 9.56 Å². The molecule has 0 saturated heterocycles. The molecular weight excluding hydrogens is 164 g/mol. The highest BCUT2D eigenvalue weighted by Gasteiger charge is 2.24. The Morgan fingerprint density at radius 3 is 3.31 bits per heavy atom. The minimum Gasteiger partial charge on any atom is -0.330 e. The second kappa shape index (κ2) is 2.31. The molecule has 66 valence electrons. The zero-order valence-electron chi connectivity index (χ0n) is 7.29. The Labute approximate surface area is 76.1 Å². The molecule has 0 aromatic carbocycles. The molecule has 3 heteroatoms. The van der Waals surface area contributed by atoms with Gasteiger partial charge in [-0.15, -0.1) is 0 Å². The maximum Gasteiger partial charge on any atom is 0.171 e. The molecule has 0 amide bonds. The summed E-state index contributed by atoms with van der Waals surface area (Å²) in [5.41, 5.74) is 2.11. The van der Waals surface area contributed by atoms with Crippen LogP contribution in [0.25, 0.3) is 0 Å². The van der Waals surface area contributed by atoms with Crippen molar-refractivity contribution in [2.24, 2.45) is 4.99 Å². The number of aromatic nitrogens is 1. The first-order chi connectivity index (χ1) is 6.36. The molecule has 13 heavy (non-hydrogen) atoms. The van der Waals surface area contributed by atoms with Crippen molar-refractivity contribution in [1.29, 1.82) is 0 Å². The van der Waals surface area contributed by atoms with Crippen LogP contribution in [0.3, 0.4) is 0 Å². The first kappa shape index (κ1) is 7.06. The van der Waals surface area contributed by atoms with Crippen LogP contribution in [0.15, 0.2) is 11.1 Å². The second-order valence-corrected chi connectivity index (χ2v) is 3.57. The molecule has 3 rings (SSSR count). The molecule has 1 aromatic rings. The monoisotopic (exact) mass is 174 g/mol. The molecule has 0 radical (unpaired) electrons. The number of hydrogen-bond donors (Lipinski definition) is 0. The molecule has 1 aromatic heterocycles. The normalized spacial score (nSPS) is 18.9. The molecule has 0 aliphatic carbocycles. The second-order valence-electron chi connectivity index (χ2n) is 3.57. The Balaban J connectivity index is 2.26. The molecule has 0 fully saturated rings. The lowest BCUT2D eigenvalue weighted by molar-refractivity contribution is 0.100. The number of nitrogens with zero attached hydrogens (tertiary/aromatic N) is 2. The Bertz CT molecular complexity index is 415. The Kier molecular flexibility index (Phi) is 1.26. The summed E-state index contributed by atoms with van der Waals surface area (Å²) in [4.78, 5) is 15.8. The van der Waals surface area contributed by atoms with Gasteiger partial charge in [-0.05, 0) is 18.9 Å². The SMILES string of the molecule is O=C1CC=Nc2c1cc1n2CCC1. The van der Waals surface area contributed by atoms with E-state index >= 15 is 0 Å². The highest BCUT2D eigenvalue weighted by Crippen LogP contribution is 2.32. The van der Waals surface area contributed by atoms with E-state index in [1.807, 2.05) is 6.07 Å². The fourth-order valence-corrected chi connectivity index (χ4v) is 2.13. The van der Waals surface area contributed by atoms with E-state index in [-0.39, 0.29) is 5.78 Å². The van der Waals surface area contributed by atoms with Crippen molar-refractivity contribution in [3.8, 4) is 0 Å². The van der Waals surface area contributed by atoms with E-state index in [9.17, 15) is 4.79 Å². The van der Waals surface area contributed by atoms with Crippen LogP contribution < -0.4 is 0 Å². The predicted octanol–water partition coefficient (Wildman–Crippen LogP) is 1.72. The van der Waals surface area contributed by atoms with E-state index in [4.69, 9.17) is 0 Å². The number of rotatable bonds is 0. The minimum absolute atomic E-state index is 0.215. The molecule has 0 saturated carbocycles. The largest absolute Gasteiger partial charge is 0.330 e. The lowest BCUT2D eigenvalue weighted by Gasteiger charge is -2.06. The molecule has 0 N–H and O–H groups in total. The molecular formula is C10H10N2O. The van der Waals surface area contributed by atoms with Crippen molar-refractivity contribution in [3.05, 3.63) is 17.3 Å². The number of aryl methyl sites for hydroxylation is 1. The van der Waals surface area contributed by atoms with E-state index in [0.717, 1.165) is 24.3 Å². The van der Waals surface area contributed by atoms with E-state index < -0.39 is 0 Å². The molecule has 3 nitrogen and oxygen atoms in total. The molecule has 2 aliphatic heterocycles. The first-order valence-electron chi connectivity index (χ1n) is 4.64. The molecule has 0 unspecified atom stereocenters. The fraction of sp³-hybridized carbons (Fsp3) is 0.400. The van der Waals surface area contributed by atoms with Crippen LogP contribution in [0.4, 0.5) is 5.82 Å². The summed E-state index contributed by atoms with van der Waals surface area (Å²) in [6, 6.07) is 2.02. The van der Waals surface area contributed by atoms with Gasteiger partial charge >= 0.3 is 0 Å². The van der Waals surface area contributed by atoms with Gasteiger partial charge in [0.15, 0.2) is 5.78 Å². The summed E-state index contributed by atoms with van der Waals surface area (Å²) < 4.78 is 2.17. The molecule has 3 heterocycles. The highest BCUT2D eigenvalue weighted by atomic mass is 16.1. The summed E-state index contributed by atoms with van der Waals surface area (Å²) in [6.45, 7) is 1.02. The smallest absolute Gasteiger partial charge is 0.171 e. The van der Waals surface area contributed by atoms with Gasteiger partial charge in [0.1, 0.15) is 5.82 Å². The van der Waals surface area contributed by atoms with Gasteiger partial charge in [-0.25, -0.2) is 4.99 Å². The summed E-state index contributed by atoms with van der Waals surface area (Å²) in [6.07, 6.45) is 4.47. The van der Waals surface area contributed by atoms with Crippen molar-refractivity contribution >= 4 is 17.8 Å². The summed E-state index contributed by atoms with van der Waals surface area (Å²) in [5.74, 6) is 1.11. The lowest BCUT2D eigenvalue weighted by atomic mass is 10.1. The number of aliphatic imine (C=N–C) groups is 1. The number of carbonyl (C=O) groups excluding carboxylic acids is 1. The van der Waals surface area contributed by atoms with Crippen molar-refractivity contribution < 1.29 is 4.79 Å². The molecule has 0 atom stereocenters. The van der Waals surface area contributed by atoms with E-state index in [0.29, 0.717) is 6.42 Å². The number of fused-ring (bicyclic) bond motifs is 3. The van der Waals surface area contributed by atoms with Crippen molar-refractivity contribution in [1.82, 2.24) is 4.57 Å². The molecule has 0 bridgehead atoms. The van der Waals surface area contributed by atoms with Crippen LogP contribution in [-0.4, -0.2) is 16.6 Å².